The normalized spacial score (nSPS) is 27.7. The number of nitrogens with zero attached hydrogens (tertiary/aromatic N) is 3. The first-order valence-electron chi connectivity index (χ1n) is 6.82. The number of aryl methyl sites for hydroxylation is 1. The van der Waals surface area contributed by atoms with Crippen molar-refractivity contribution in [1.29, 1.82) is 0 Å². The molecule has 1 saturated carbocycles. The lowest BCUT2D eigenvalue weighted by atomic mass is 10.1. The van der Waals surface area contributed by atoms with E-state index in [1.165, 1.54) is 23.6 Å². The van der Waals surface area contributed by atoms with E-state index in [-0.39, 0.29) is 17.8 Å². The van der Waals surface area contributed by atoms with Crippen molar-refractivity contribution in [2.24, 2.45) is 13.0 Å². The highest BCUT2D eigenvalue weighted by molar-refractivity contribution is 5.93. The first-order chi connectivity index (χ1) is 9.04. The maximum Gasteiger partial charge on any atom is 0.269 e. The maximum absolute atomic E-state index is 12.2. The first kappa shape index (κ1) is 12.5. The Morgan fingerprint density at radius 1 is 1.47 bits per heavy atom. The van der Waals surface area contributed by atoms with E-state index in [1.807, 2.05) is 0 Å². The minimum Gasteiger partial charge on any atom is -0.492 e. The highest BCUT2D eigenvalue weighted by atomic mass is 16.3. The molecular weight excluding hydrogens is 244 g/mol. The van der Waals surface area contributed by atoms with Crippen molar-refractivity contribution in [2.75, 3.05) is 13.1 Å². The Hall–Kier alpha value is -1.56. The van der Waals surface area contributed by atoms with Gasteiger partial charge in [-0.1, -0.05) is 6.92 Å². The second kappa shape index (κ2) is 4.52. The molecule has 1 saturated heterocycles. The molecule has 1 aliphatic heterocycles. The van der Waals surface area contributed by atoms with Crippen molar-refractivity contribution in [3.05, 3.63) is 11.8 Å². The lowest BCUT2D eigenvalue weighted by Gasteiger charge is -2.16. The molecule has 104 valence electrons. The summed E-state index contributed by atoms with van der Waals surface area (Å²) in [6.07, 6.45) is 2.59. The second-order valence-corrected chi connectivity index (χ2v) is 5.75. The molecule has 0 bridgehead atoms. The molecule has 2 atom stereocenters. The topological polar surface area (TPSA) is 70.4 Å². The van der Waals surface area contributed by atoms with Gasteiger partial charge in [0.2, 0.25) is 5.88 Å². The highest BCUT2D eigenvalue weighted by Crippen LogP contribution is 2.31. The molecule has 2 heterocycles. The van der Waals surface area contributed by atoms with Gasteiger partial charge in [0.1, 0.15) is 5.69 Å². The number of hydrogen-bond donors (Lipinski definition) is 2. The van der Waals surface area contributed by atoms with Gasteiger partial charge in [0, 0.05) is 38.3 Å². The van der Waals surface area contributed by atoms with Gasteiger partial charge in [-0.15, -0.1) is 5.10 Å². The number of amides is 1. The summed E-state index contributed by atoms with van der Waals surface area (Å²) in [6.45, 7) is 4.17. The number of rotatable bonds is 3. The Bertz CT molecular complexity index is 495. The molecule has 0 radical (unpaired) electrons. The Labute approximate surface area is 112 Å². The number of carbonyl (C=O) groups is 1. The van der Waals surface area contributed by atoms with Gasteiger partial charge in [-0.25, -0.2) is 0 Å². The predicted molar refractivity (Wildman–Crippen MR) is 69.9 cm³/mol. The molecule has 19 heavy (non-hydrogen) atoms. The van der Waals surface area contributed by atoms with Crippen LogP contribution in [-0.2, 0) is 7.05 Å². The number of aromatic hydroxyl groups is 1. The van der Waals surface area contributed by atoms with Crippen molar-refractivity contribution < 1.29 is 9.90 Å². The Morgan fingerprint density at radius 3 is 2.79 bits per heavy atom. The van der Waals surface area contributed by atoms with Crippen LogP contribution in [0.1, 0.15) is 30.3 Å². The fourth-order valence-electron chi connectivity index (χ4n) is 2.84. The summed E-state index contributed by atoms with van der Waals surface area (Å²) in [6, 6.07) is 2.32. The standard InChI is InChI=1S/C13H20N4O2/c1-8-6-17(9-3-4-9)7-10(8)14-13(19)11-5-12(18)15-16(11)2/h5,8-10H,3-4,6-7H2,1-2H3,(H,14,19)(H,15,18)/t8-,10+/m1/s1. The van der Waals surface area contributed by atoms with Gasteiger partial charge in [0.25, 0.3) is 5.91 Å². The van der Waals surface area contributed by atoms with Gasteiger partial charge in [0.05, 0.1) is 0 Å². The van der Waals surface area contributed by atoms with Crippen LogP contribution in [0.3, 0.4) is 0 Å². The SMILES string of the molecule is C[C@@H]1CN(C2CC2)C[C@@H]1NC(=O)c1cc(O)nn1C. The lowest BCUT2D eigenvalue weighted by Crippen LogP contribution is -2.40. The summed E-state index contributed by atoms with van der Waals surface area (Å²) in [7, 11) is 1.66. The molecule has 2 fully saturated rings. The van der Waals surface area contributed by atoms with Crippen molar-refractivity contribution in [1.82, 2.24) is 20.0 Å². The van der Waals surface area contributed by atoms with E-state index in [2.05, 4.69) is 22.2 Å². The molecule has 0 unspecified atom stereocenters. The average Bonchev–Trinajstić information content (AvgIpc) is 3.05. The van der Waals surface area contributed by atoms with Gasteiger partial charge in [-0.3, -0.25) is 14.4 Å². The summed E-state index contributed by atoms with van der Waals surface area (Å²) >= 11 is 0. The van der Waals surface area contributed by atoms with Crippen LogP contribution < -0.4 is 5.32 Å². The van der Waals surface area contributed by atoms with E-state index >= 15 is 0 Å². The summed E-state index contributed by atoms with van der Waals surface area (Å²) in [4.78, 5) is 14.6. The second-order valence-electron chi connectivity index (χ2n) is 5.75. The molecule has 1 aromatic heterocycles. The van der Waals surface area contributed by atoms with E-state index in [1.54, 1.807) is 7.05 Å². The van der Waals surface area contributed by atoms with Crippen LogP contribution >= 0.6 is 0 Å². The van der Waals surface area contributed by atoms with Crippen LogP contribution in [0, 0.1) is 5.92 Å². The van der Waals surface area contributed by atoms with Gasteiger partial charge >= 0.3 is 0 Å². The largest absolute Gasteiger partial charge is 0.492 e. The first-order valence-corrected chi connectivity index (χ1v) is 6.82. The van der Waals surface area contributed by atoms with Crippen LogP contribution in [0.5, 0.6) is 5.88 Å². The molecule has 6 nitrogen and oxygen atoms in total. The minimum absolute atomic E-state index is 0.119. The summed E-state index contributed by atoms with van der Waals surface area (Å²) in [5.41, 5.74) is 0.398. The third-order valence-electron chi connectivity index (χ3n) is 4.12. The van der Waals surface area contributed by atoms with Crippen molar-refractivity contribution in [3.63, 3.8) is 0 Å². The third-order valence-corrected chi connectivity index (χ3v) is 4.12. The zero-order chi connectivity index (χ0) is 13.6. The number of nitrogens with one attached hydrogen (secondary N) is 1. The summed E-state index contributed by atoms with van der Waals surface area (Å²) in [5, 5.41) is 16.1. The third kappa shape index (κ3) is 2.45. The lowest BCUT2D eigenvalue weighted by molar-refractivity contribution is 0.0921. The van der Waals surface area contributed by atoms with Gasteiger partial charge in [-0.2, -0.15) is 0 Å². The van der Waals surface area contributed by atoms with Crippen LogP contribution in [0.2, 0.25) is 0 Å². The summed E-state index contributed by atoms with van der Waals surface area (Å²) < 4.78 is 1.41. The van der Waals surface area contributed by atoms with Gasteiger partial charge in [0.15, 0.2) is 0 Å². The van der Waals surface area contributed by atoms with Gasteiger partial charge in [-0.05, 0) is 18.8 Å². The predicted octanol–water partition coefficient (Wildman–Crippen LogP) is 0.338. The van der Waals surface area contributed by atoms with Crippen molar-refractivity contribution in [2.45, 2.75) is 31.8 Å². The van der Waals surface area contributed by atoms with Crippen LogP contribution in [-0.4, -0.2) is 50.9 Å². The molecular formula is C13H20N4O2. The molecule has 6 heteroatoms. The molecule has 1 aliphatic carbocycles. The Morgan fingerprint density at radius 2 is 2.21 bits per heavy atom. The highest BCUT2D eigenvalue weighted by Gasteiger charge is 2.38. The number of likely N-dealkylation sites (tertiary alicyclic amines) is 1. The minimum atomic E-state index is -0.162. The van der Waals surface area contributed by atoms with Crippen molar-refractivity contribution in [3.8, 4) is 5.88 Å². The fraction of sp³-hybridized carbons (Fsp3) is 0.692. The zero-order valence-electron chi connectivity index (χ0n) is 11.3. The maximum atomic E-state index is 12.2. The number of aromatic nitrogens is 2. The zero-order valence-corrected chi connectivity index (χ0v) is 11.3. The van der Waals surface area contributed by atoms with E-state index in [0.29, 0.717) is 11.6 Å². The van der Waals surface area contributed by atoms with E-state index in [4.69, 9.17) is 0 Å². The average molecular weight is 264 g/mol. The number of carbonyl (C=O) groups excluding carboxylic acids is 1. The van der Waals surface area contributed by atoms with E-state index < -0.39 is 0 Å². The monoisotopic (exact) mass is 264 g/mol. The quantitative estimate of drug-likeness (QED) is 0.826. The Balaban J connectivity index is 1.64. The smallest absolute Gasteiger partial charge is 0.269 e. The molecule has 1 amide bonds. The van der Waals surface area contributed by atoms with Crippen LogP contribution in [0.25, 0.3) is 0 Å². The fourth-order valence-corrected chi connectivity index (χ4v) is 2.84. The van der Waals surface area contributed by atoms with Crippen LogP contribution in [0.4, 0.5) is 0 Å². The molecule has 2 aliphatic rings. The molecule has 0 aromatic carbocycles. The molecule has 2 N–H and O–H groups in total. The van der Waals surface area contributed by atoms with E-state index in [9.17, 15) is 9.90 Å². The molecule has 0 spiro atoms. The summed E-state index contributed by atoms with van der Waals surface area (Å²) in [5.74, 6) is 0.183. The van der Waals surface area contributed by atoms with E-state index in [0.717, 1.165) is 19.1 Å². The molecule has 1 aromatic rings. The Kier molecular flexibility index (Phi) is 2.97. The van der Waals surface area contributed by atoms with Crippen molar-refractivity contribution >= 4 is 5.91 Å². The van der Waals surface area contributed by atoms with Gasteiger partial charge < -0.3 is 10.4 Å². The molecule has 3 rings (SSSR count). The number of hydrogen-bond acceptors (Lipinski definition) is 4. The van der Waals surface area contributed by atoms with Crippen LogP contribution in [0.15, 0.2) is 6.07 Å².